The molecule has 3 heteroatoms. The van der Waals surface area contributed by atoms with Crippen LogP contribution in [0.4, 0.5) is 0 Å². The van der Waals surface area contributed by atoms with E-state index in [0.29, 0.717) is 17.8 Å². The number of benzene rings is 1. The Morgan fingerprint density at radius 1 is 0.857 bits per heavy atom. The molecule has 1 saturated heterocycles. The molecular formula is C32H54O3. The fraction of sp³-hybridized carbons (Fsp3) is 0.812. The van der Waals surface area contributed by atoms with Crippen molar-refractivity contribution in [2.75, 3.05) is 6.61 Å². The van der Waals surface area contributed by atoms with Gasteiger partial charge in [-0.1, -0.05) is 72.6 Å². The summed E-state index contributed by atoms with van der Waals surface area (Å²) in [7, 11) is 0. The Hall–Kier alpha value is -1.22. The van der Waals surface area contributed by atoms with E-state index >= 15 is 0 Å². The number of aromatic hydroxyl groups is 1. The third-order valence-corrected chi connectivity index (χ3v) is 9.18. The molecule has 3 nitrogen and oxygen atoms in total. The summed E-state index contributed by atoms with van der Waals surface area (Å²) in [5.74, 6) is 4.41. The molecule has 0 bridgehead atoms. The van der Waals surface area contributed by atoms with Crippen molar-refractivity contribution < 1.29 is 14.6 Å². The Morgan fingerprint density at radius 2 is 1.43 bits per heavy atom. The van der Waals surface area contributed by atoms with Gasteiger partial charge in [-0.2, -0.15) is 0 Å². The van der Waals surface area contributed by atoms with Crippen LogP contribution in [0.1, 0.15) is 121 Å². The van der Waals surface area contributed by atoms with Crippen molar-refractivity contribution in [1.82, 2.24) is 0 Å². The number of epoxide rings is 1. The molecule has 2 heterocycles. The van der Waals surface area contributed by atoms with Crippen LogP contribution in [-0.4, -0.2) is 23.4 Å². The molecule has 2 unspecified atom stereocenters. The highest BCUT2D eigenvalue weighted by molar-refractivity contribution is 5.58. The number of hydrogen-bond donors (Lipinski definition) is 1. The quantitative estimate of drug-likeness (QED) is 0.267. The lowest BCUT2D eigenvalue weighted by atomic mass is 9.74. The first-order valence-electron chi connectivity index (χ1n) is 14.6. The Kier molecular flexibility index (Phi) is 10.0. The van der Waals surface area contributed by atoms with Gasteiger partial charge in [0.1, 0.15) is 17.1 Å². The number of hydrogen-bond acceptors (Lipinski definition) is 3. The second-order valence-corrected chi connectivity index (χ2v) is 12.9. The number of fused-ring (bicyclic) bond motifs is 1. The smallest absolute Gasteiger partial charge is 0.127 e. The minimum absolute atomic E-state index is 0.162. The third-order valence-electron chi connectivity index (χ3n) is 9.18. The van der Waals surface area contributed by atoms with Crippen LogP contribution >= 0.6 is 0 Å². The zero-order valence-electron chi connectivity index (χ0n) is 24.1. The van der Waals surface area contributed by atoms with E-state index in [1.807, 2.05) is 13.8 Å². The van der Waals surface area contributed by atoms with Crippen LogP contribution in [-0.2, 0) is 11.2 Å². The minimum atomic E-state index is -0.162. The lowest BCUT2D eigenvalue weighted by molar-refractivity contribution is -0.00863. The van der Waals surface area contributed by atoms with Gasteiger partial charge in [-0.05, 0) is 87.8 Å². The molecule has 3 rings (SSSR count). The van der Waals surface area contributed by atoms with Crippen molar-refractivity contribution in [2.24, 2.45) is 23.7 Å². The summed E-state index contributed by atoms with van der Waals surface area (Å²) in [5, 5.41) is 10.6. The molecule has 5 atom stereocenters. The fourth-order valence-corrected chi connectivity index (χ4v) is 6.22. The first-order chi connectivity index (χ1) is 16.5. The van der Waals surface area contributed by atoms with E-state index in [1.165, 1.54) is 56.9 Å². The van der Waals surface area contributed by atoms with E-state index in [9.17, 15) is 5.11 Å². The molecule has 200 valence electrons. The maximum Gasteiger partial charge on any atom is 0.127 e. The van der Waals surface area contributed by atoms with Crippen molar-refractivity contribution in [1.29, 1.82) is 0 Å². The van der Waals surface area contributed by atoms with E-state index in [2.05, 4.69) is 41.5 Å². The molecule has 0 radical (unpaired) electrons. The molecule has 0 aliphatic carbocycles. The van der Waals surface area contributed by atoms with Gasteiger partial charge in [-0.25, -0.2) is 0 Å². The van der Waals surface area contributed by atoms with Crippen LogP contribution in [0.25, 0.3) is 0 Å². The number of phenols is 1. The second-order valence-electron chi connectivity index (χ2n) is 12.9. The molecule has 1 N–H and O–H groups in total. The van der Waals surface area contributed by atoms with Crippen LogP contribution < -0.4 is 4.74 Å². The average Bonchev–Trinajstić information content (AvgIpc) is 3.61. The van der Waals surface area contributed by atoms with Crippen LogP contribution in [0.15, 0.2) is 0 Å². The van der Waals surface area contributed by atoms with Crippen molar-refractivity contribution in [2.45, 2.75) is 138 Å². The van der Waals surface area contributed by atoms with Crippen molar-refractivity contribution in [3.8, 4) is 11.5 Å². The zero-order chi connectivity index (χ0) is 25.8. The van der Waals surface area contributed by atoms with Crippen LogP contribution in [0.5, 0.6) is 11.5 Å². The predicted molar refractivity (Wildman–Crippen MR) is 148 cm³/mol. The van der Waals surface area contributed by atoms with E-state index in [1.54, 1.807) is 0 Å². The monoisotopic (exact) mass is 486 g/mol. The molecule has 1 fully saturated rings. The van der Waals surface area contributed by atoms with Crippen molar-refractivity contribution >= 4 is 0 Å². The Morgan fingerprint density at radius 3 is 2.00 bits per heavy atom. The average molecular weight is 487 g/mol. The summed E-state index contributed by atoms with van der Waals surface area (Å²) in [6, 6.07) is 0. The molecule has 1 aromatic carbocycles. The number of ether oxygens (including phenoxy) is 2. The molecule has 0 amide bonds. The molecule has 1 aromatic rings. The van der Waals surface area contributed by atoms with Crippen molar-refractivity contribution in [3.63, 3.8) is 0 Å². The van der Waals surface area contributed by atoms with Crippen LogP contribution in [0, 0.1) is 44.4 Å². The Bertz CT molecular complexity index is 825. The van der Waals surface area contributed by atoms with Gasteiger partial charge in [0.05, 0.1) is 12.7 Å². The Labute approximate surface area is 216 Å². The SMILES string of the molecule is Cc1c(C)c2c(c(C)c1O)CC(CC1CO1)[C@](C)(CCC[C@H](C)CCC[C@@H](C)CCCC(C)C)O2. The van der Waals surface area contributed by atoms with Gasteiger partial charge in [0.2, 0.25) is 0 Å². The van der Waals surface area contributed by atoms with Gasteiger partial charge in [0.25, 0.3) is 0 Å². The summed E-state index contributed by atoms with van der Waals surface area (Å²) in [4.78, 5) is 0. The van der Waals surface area contributed by atoms with Crippen LogP contribution in [0.2, 0.25) is 0 Å². The first-order valence-corrected chi connectivity index (χ1v) is 14.6. The normalized spacial score (nSPS) is 25.3. The van der Waals surface area contributed by atoms with E-state index < -0.39 is 0 Å². The zero-order valence-corrected chi connectivity index (χ0v) is 24.1. The van der Waals surface area contributed by atoms with Gasteiger partial charge in [-0.3, -0.25) is 0 Å². The molecule has 35 heavy (non-hydrogen) atoms. The minimum Gasteiger partial charge on any atom is -0.507 e. The summed E-state index contributed by atoms with van der Waals surface area (Å²) in [6.45, 7) is 18.9. The van der Waals surface area contributed by atoms with Crippen molar-refractivity contribution in [3.05, 3.63) is 22.3 Å². The molecule has 2 aliphatic rings. The van der Waals surface area contributed by atoms with Gasteiger partial charge in [-0.15, -0.1) is 0 Å². The van der Waals surface area contributed by atoms with Crippen LogP contribution in [0.3, 0.4) is 0 Å². The number of phenolic OH excluding ortho intramolecular Hbond substituents is 1. The fourth-order valence-electron chi connectivity index (χ4n) is 6.22. The highest BCUT2D eigenvalue weighted by Gasteiger charge is 2.44. The molecule has 0 spiro atoms. The Balaban J connectivity index is 1.52. The largest absolute Gasteiger partial charge is 0.507 e. The highest BCUT2D eigenvalue weighted by Crippen LogP contribution is 2.48. The lowest BCUT2D eigenvalue weighted by Gasteiger charge is -2.44. The van der Waals surface area contributed by atoms with Gasteiger partial charge >= 0.3 is 0 Å². The van der Waals surface area contributed by atoms with E-state index in [0.717, 1.165) is 66.1 Å². The second kappa shape index (κ2) is 12.3. The van der Waals surface area contributed by atoms with Gasteiger partial charge in [0, 0.05) is 11.5 Å². The summed E-state index contributed by atoms with van der Waals surface area (Å²) in [5.41, 5.74) is 4.11. The maximum absolute atomic E-state index is 10.6. The maximum atomic E-state index is 10.6. The summed E-state index contributed by atoms with van der Waals surface area (Å²) >= 11 is 0. The topological polar surface area (TPSA) is 42.0 Å². The van der Waals surface area contributed by atoms with E-state index in [4.69, 9.17) is 9.47 Å². The molecule has 2 aliphatic heterocycles. The van der Waals surface area contributed by atoms with E-state index in [-0.39, 0.29) is 5.60 Å². The summed E-state index contributed by atoms with van der Waals surface area (Å²) < 4.78 is 12.5. The van der Waals surface area contributed by atoms with Gasteiger partial charge < -0.3 is 14.6 Å². The highest BCUT2D eigenvalue weighted by atomic mass is 16.6. The van der Waals surface area contributed by atoms with Gasteiger partial charge in [0.15, 0.2) is 0 Å². The standard InChI is InChI=1S/C32H54O3/c1-21(2)12-9-13-22(3)14-10-15-23(4)16-11-17-32(8)27(18-28-20-34-28)19-29-26(7)30(33)24(5)25(6)31(29)35-32/h21-23,27-28,33H,9-20H2,1-8H3/t22-,23+,27?,28?,32-/m0/s1. The summed E-state index contributed by atoms with van der Waals surface area (Å²) in [6.07, 6.45) is 14.3. The first kappa shape index (κ1) is 28.4. The molecule has 0 aromatic heterocycles. The molecule has 0 saturated carbocycles. The molecular weight excluding hydrogens is 432 g/mol. The lowest BCUT2D eigenvalue weighted by Crippen LogP contribution is -2.46. The number of rotatable bonds is 14. The predicted octanol–water partition coefficient (Wildman–Crippen LogP) is 8.86. The third kappa shape index (κ3) is 7.63.